The Hall–Kier alpha value is -0.340. The quantitative estimate of drug-likeness (QED) is 0.601. The first-order chi connectivity index (χ1) is 4.86. The van der Waals surface area contributed by atoms with E-state index in [0.29, 0.717) is 0 Å². The van der Waals surface area contributed by atoms with Crippen LogP contribution in [0.4, 0.5) is 0 Å². The van der Waals surface area contributed by atoms with Gasteiger partial charge in [0.25, 0.3) is 0 Å². The third-order valence-electron chi connectivity index (χ3n) is 2.00. The van der Waals surface area contributed by atoms with Crippen molar-refractivity contribution in [1.82, 2.24) is 0 Å². The Morgan fingerprint density at radius 2 is 2.50 bits per heavy atom. The minimum atomic E-state index is -0.0814. The SMILES string of the molecule is O[C@@H]1CCc2sccc2C1. The molecule has 0 bridgehead atoms. The number of aliphatic hydroxyl groups excluding tert-OH is 1. The summed E-state index contributed by atoms with van der Waals surface area (Å²) >= 11 is 1.82. The first kappa shape index (κ1) is 6.38. The minimum Gasteiger partial charge on any atom is -0.393 e. The largest absolute Gasteiger partial charge is 0.393 e. The van der Waals surface area contributed by atoms with E-state index in [2.05, 4.69) is 11.4 Å². The van der Waals surface area contributed by atoms with E-state index >= 15 is 0 Å². The molecule has 1 aromatic rings. The monoisotopic (exact) mass is 154 g/mol. The van der Waals surface area contributed by atoms with E-state index in [4.69, 9.17) is 0 Å². The predicted octanol–water partition coefficient (Wildman–Crippen LogP) is 1.60. The van der Waals surface area contributed by atoms with Crippen LogP contribution >= 0.6 is 11.3 Å². The molecule has 0 spiro atoms. The van der Waals surface area contributed by atoms with Crippen LogP contribution in [0, 0.1) is 0 Å². The molecule has 1 aliphatic rings. The average molecular weight is 154 g/mol. The molecule has 1 nitrogen and oxygen atoms in total. The molecule has 0 aliphatic heterocycles. The maximum absolute atomic E-state index is 9.28. The molecule has 1 N–H and O–H groups in total. The second-order valence-corrected chi connectivity index (χ2v) is 3.77. The number of hydrogen-bond acceptors (Lipinski definition) is 2. The fourth-order valence-corrected chi connectivity index (χ4v) is 2.36. The van der Waals surface area contributed by atoms with Crippen molar-refractivity contribution in [1.29, 1.82) is 0 Å². The number of fused-ring (bicyclic) bond motifs is 1. The smallest absolute Gasteiger partial charge is 0.0584 e. The molecule has 54 valence electrons. The lowest BCUT2D eigenvalue weighted by atomic mass is 9.97. The topological polar surface area (TPSA) is 20.2 Å². The molecule has 0 saturated heterocycles. The molecule has 0 aromatic carbocycles. The summed E-state index contributed by atoms with van der Waals surface area (Å²) in [4.78, 5) is 1.48. The summed E-state index contributed by atoms with van der Waals surface area (Å²) in [5.74, 6) is 0. The van der Waals surface area contributed by atoms with E-state index in [1.54, 1.807) is 0 Å². The molecule has 0 radical (unpaired) electrons. The minimum absolute atomic E-state index is 0.0814. The van der Waals surface area contributed by atoms with Crippen LogP contribution in [0.1, 0.15) is 16.9 Å². The first-order valence-corrected chi connectivity index (χ1v) is 4.47. The van der Waals surface area contributed by atoms with Gasteiger partial charge in [0.05, 0.1) is 6.10 Å². The normalized spacial score (nSPS) is 24.3. The maximum Gasteiger partial charge on any atom is 0.0584 e. The molecule has 1 atom stereocenters. The van der Waals surface area contributed by atoms with Crippen molar-refractivity contribution in [2.24, 2.45) is 0 Å². The van der Waals surface area contributed by atoms with Gasteiger partial charge in [0.1, 0.15) is 0 Å². The van der Waals surface area contributed by atoms with Gasteiger partial charge in [-0.05, 0) is 36.3 Å². The van der Waals surface area contributed by atoms with Crippen LogP contribution in [-0.4, -0.2) is 11.2 Å². The molecule has 1 aromatic heterocycles. The highest BCUT2D eigenvalue weighted by Crippen LogP contribution is 2.25. The van der Waals surface area contributed by atoms with Crippen LogP contribution in [0.25, 0.3) is 0 Å². The lowest BCUT2D eigenvalue weighted by molar-refractivity contribution is 0.159. The van der Waals surface area contributed by atoms with Crippen LogP contribution in [0.5, 0.6) is 0 Å². The highest BCUT2D eigenvalue weighted by Gasteiger charge is 2.16. The van der Waals surface area contributed by atoms with E-state index in [1.165, 1.54) is 10.4 Å². The Morgan fingerprint density at radius 1 is 1.60 bits per heavy atom. The molecular formula is C8H10OS. The lowest BCUT2D eigenvalue weighted by Crippen LogP contribution is -2.16. The standard InChI is InChI=1S/C8H10OS/c9-7-1-2-8-6(5-7)3-4-10-8/h3-4,7,9H,1-2,5H2/t7-/m1/s1. The molecule has 0 saturated carbocycles. The van der Waals surface area contributed by atoms with Gasteiger partial charge in [-0.1, -0.05) is 0 Å². The summed E-state index contributed by atoms with van der Waals surface area (Å²) in [6.07, 6.45) is 2.82. The first-order valence-electron chi connectivity index (χ1n) is 3.59. The van der Waals surface area contributed by atoms with E-state index in [1.807, 2.05) is 11.3 Å². The molecule has 0 amide bonds. The summed E-state index contributed by atoms with van der Waals surface area (Å²) in [6, 6.07) is 2.13. The fourth-order valence-electron chi connectivity index (χ4n) is 1.42. The van der Waals surface area contributed by atoms with Crippen molar-refractivity contribution in [2.75, 3.05) is 0 Å². The van der Waals surface area contributed by atoms with E-state index in [0.717, 1.165) is 19.3 Å². The van der Waals surface area contributed by atoms with Crippen molar-refractivity contribution in [3.8, 4) is 0 Å². The number of aliphatic hydroxyl groups is 1. The zero-order valence-electron chi connectivity index (χ0n) is 5.71. The Balaban J connectivity index is 2.30. The molecule has 1 heterocycles. The Labute approximate surface area is 64.3 Å². The molecule has 1 aliphatic carbocycles. The van der Waals surface area contributed by atoms with Crippen molar-refractivity contribution in [3.05, 3.63) is 21.9 Å². The fraction of sp³-hybridized carbons (Fsp3) is 0.500. The van der Waals surface area contributed by atoms with Crippen molar-refractivity contribution in [3.63, 3.8) is 0 Å². The zero-order valence-corrected chi connectivity index (χ0v) is 6.53. The number of aryl methyl sites for hydroxylation is 1. The van der Waals surface area contributed by atoms with Crippen molar-refractivity contribution in [2.45, 2.75) is 25.4 Å². The molecule has 0 fully saturated rings. The number of thiophene rings is 1. The van der Waals surface area contributed by atoms with Crippen LogP contribution < -0.4 is 0 Å². The maximum atomic E-state index is 9.28. The highest BCUT2D eigenvalue weighted by molar-refractivity contribution is 7.10. The van der Waals surface area contributed by atoms with Crippen LogP contribution in [0.2, 0.25) is 0 Å². The third-order valence-corrected chi connectivity index (χ3v) is 3.02. The molecular weight excluding hydrogens is 144 g/mol. The van der Waals surface area contributed by atoms with Crippen LogP contribution in [0.3, 0.4) is 0 Å². The van der Waals surface area contributed by atoms with Crippen LogP contribution in [0.15, 0.2) is 11.4 Å². The van der Waals surface area contributed by atoms with Gasteiger partial charge in [-0.15, -0.1) is 11.3 Å². The molecule has 2 heteroatoms. The van der Waals surface area contributed by atoms with Gasteiger partial charge in [-0.2, -0.15) is 0 Å². The summed E-state index contributed by atoms with van der Waals surface area (Å²) in [6.45, 7) is 0. The Kier molecular flexibility index (Phi) is 1.51. The number of rotatable bonds is 0. The summed E-state index contributed by atoms with van der Waals surface area (Å²) in [7, 11) is 0. The van der Waals surface area contributed by atoms with E-state index < -0.39 is 0 Å². The second kappa shape index (κ2) is 2.36. The zero-order chi connectivity index (χ0) is 6.97. The third kappa shape index (κ3) is 0.976. The van der Waals surface area contributed by atoms with Gasteiger partial charge in [0.15, 0.2) is 0 Å². The average Bonchev–Trinajstić information content (AvgIpc) is 2.33. The number of hydrogen-bond donors (Lipinski definition) is 1. The summed E-state index contributed by atoms with van der Waals surface area (Å²) in [5, 5.41) is 11.4. The Bertz CT molecular complexity index is 229. The highest BCUT2D eigenvalue weighted by atomic mass is 32.1. The summed E-state index contributed by atoms with van der Waals surface area (Å²) in [5.41, 5.74) is 1.36. The lowest BCUT2D eigenvalue weighted by Gasteiger charge is -2.16. The van der Waals surface area contributed by atoms with Gasteiger partial charge in [0.2, 0.25) is 0 Å². The van der Waals surface area contributed by atoms with Gasteiger partial charge >= 0.3 is 0 Å². The van der Waals surface area contributed by atoms with Gasteiger partial charge in [0, 0.05) is 4.88 Å². The van der Waals surface area contributed by atoms with E-state index in [9.17, 15) is 5.11 Å². The molecule has 2 rings (SSSR count). The van der Waals surface area contributed by atoms with Gasteiger partial charge in [-0.25, -0.2) is 0 Å². The van der Waals surface area contributed by atoms with Crippen molar-refractivity contribution < 1.29 is 5.11 Å². The summed E-state index contributed by atoms with van der Waals surface area (Å²) < 4.78 is 0. The van der Waals surface area contributed by atoms with E-state index in [-0.39, 0.29) is 6.10 Å². The second-order valence-electron chi connectivity index (χ2n) is 2.77. The van der Waals surface area contributed by atoms with Gasteiger partial charge < -0.3 is 5.11 Å². The predicted molar refractivity (Wildman–Crippen MR) is 42.4 cm³/mol. The van der Waals surface area contributed by atoms with Crippen LogP contribution in [-0.2, 0) is 12.8 Å². The molecule has 0 unspecified atom stereocenters. The van der Waals surface area contributed by atoms with Crippen molar-refractivity contribution >= 4 is 11.3 Å². The Morgan fingerprint density at radius 3 is 3.40 bits per heavy atom. The van der Waals surface area contributed by atoms with Gasteiger partial charge in [-0.3, -0.25) is 0 Å². The molecule has 10 heavy (non-hydrogen) atoms.